The summed E-state index contributed by atoms with van der Waals surface area (Å²) in [5, 5.41) is 2.87. The molecule has 1 aromatic rings. The molecule has 0 aliphatic heterocycles. The summed E-state index contributed by atoms with van der Waals surface area (Å²) in [5.74, 6) is 6.09. The zero-order valence-electron chi connectivity index (χ0n) is 10.3. The van der Waals surface area contributed by atoms with Gasteiger partial charge in [0, 0.05) is 17.7 Å². The molecule has 0 spiro atoms. The monoisotopic (exact) mass is 230 g/mol. The van der Waals surface area contributed by atoms with Gasteiger partial charge < -0.3 is 11.1 Å². The first-order chi connectivity index (χ1) is 8.13. The van der Waals surface area contributed by atoms with E-state index < -0.39 is 0 Å². The lowest BCUT2D eigenvalue weighted by Gasteiger charge is -2.07. The Morgan fingerprint density at radius 3 is 2.53 bits per heavy atom. The van der Waals surface area contributed by atoms with Crippen molar-refractivity contribution in [1.82, 2.24) is 5.32 Å². The third-order valence-corrected chi connectivity index (χ3v) is 2.15. The Morgan fingerprint density at radius 2 is 2.00 bits per heavy atom. The predicted octanol–water partition coefficient (Wildman–Crippen LogP) is 1.38. The number of benzene rings is 1. The molecule has 0 unspecified atom stereocenters. The Hall–Kier alpha value is -1.79. The van der Waals surface area contributed by atoms with Crippen LogP contribution >= 0.6 is 0 Å². The van der Waals surface area contributed by atoms with E-state index in [1.807, 2.05) is 12.1 Å². The Labute approximate surface area is 102 Å². The van der Waals surface area contributed by atoms with Crippen LogP contribution in [-0.4, -0.2) is 19.0 Å². The first-order valence-electron chi connectivity index (χ1n) is 5.70. The van der Waals surface area contributed by atoms with Crippen LogP contribution in [0.15, 0.2) is 24.3 Å². The molecule has 0 saturated carbocycles. The molecule has 0 bridgehead atoms. The number of hydrogen-bond donors (Lipinski definition) is 2. The topological polar surface area (TPSA) is 55.1 Å². The van der Waals surface area contributed by atoms with Crippen LogP contribution in [0.3, 0.4) is 0 Å². The van der Waals surface area contributed by atoms with Crippen molar-refractivity contribution in [2.45, 2.75) is 13.8 Å². The molecule has 90 valence electrons. The fraction of sp³-hybridized carbons (Fsp3) is 0.357. The lowest BCUT2D eigenvalue weighted by molar-refractivity contribution is 0.0949. The third-order valence-electron chi connectivity index (χ3n) is 2.15. The summed E-state index contributed by atoms with van der Waals surface area (Å²) < 4.78 is 0. The highest BCUT2D eigenvalue weighted by atomic mass is 16.1. The lowest BCUT2D eigenvalue weighted by Crippen LogP contribution is -2.27. The average molecular weight is 230 g/mol. The molecule has 0 aromatic heterocycles. The van der Waals surface area contributed by atoms with E-state index in [4.69, 9.17) is 5.73 Å². The molecule has 0 heterocycles. The second-order valence-corrected chi connectivity index (χ2v) is 4.19. The van der Waals surface area contributed by atoms with Gasteiger partial charge in [-0.25, -0.2) is 0 Å². The quantitative estimate of drug-likeness (QED) is 0.771. The summed E-state index contributed by atoms with van der Waals surface area (Å²) in [6.45, 7) is 5.15. The smallest absolute Gasteiger partial charge is 0.251 e. The van der Waals surface area contributed by atoms with Crippen LogP contribution < -0.4 is 11.1 Å². The van der Waals surface area contributed by atoms with Crippen LogP contribution in [0.4, 0.5) is 0 Å². The van der Waals surface area contributed by atoms with Gasteiger partial charge in [-0.1, -0.05) is 25.7 Å². The van der Waals surface area contributed by atoms with E-state index in [0.717, 1.165) is 5.56 Å². The summed E-state index contributed by atoms with van der Waals surface area (Å²) in [5.41, 5.74) is 6.81. The molecule has 0 radical (unpaired) electrons. The molecule has 3 N–H and O–H groups in total. The summed E-state index contributed by atoms with van der Waals surface area (Å²) >= 11 is 0. The summed E-state index contributed by atoms with van der Waals surface area (Å²) in [4.78, 5) is 11.7. The van der Waals surface area contributed by atoms with Crippen molar-refractivity contribution in [1.29, 1.82) is 0 Å². The lowest BCUT2D eigenvalue weighted by atomic mass is 10.1. The minimum Gasteiger partial charge on any atom is -0.352 e. The van der Waals surface area contributed by atoms with Gasteiger partial charge in [0.15, 0.2) is 0 Å². The Kier molecular flexibility index (Phi) is 5.25. The first-order valence-corrected chi connectivity index (χ1v) is 5.70. The van der Waals surface area contributed by atoms with Crippen LogP contribution in [0.25, 0.3) is 0 Å². The van der Waals surface area contributed by atoms with E-state index in [1.54, 1.807) is 12.1 Å². The van der Waals surface area contributed by atoms with E-state index in [0.29, 0.717) is 24.6 Å². The predicted molar refractivity (Wildman–Crippen MR) is 69.5 cm³/mol. The van der Waals surface area contributed by atoms with Gasteiger partial charge in [-0.15, -0.1) is 0 Å². The van der Waals surface area contributed by atoms with E-state index in [2.05, 4.69) is 31.0 Å². The summed E-state index contributed by atoms with van der Waals surface area (Å²) in [7, 11) is 0. The van der Waals surface area contributed by atoms with Gasteiger partial charge >= 0.3 is 0 Å². The Morgan fingerprint density at radius 1 is 1.35 bits per heavy atom. The maximum Gasteiger partial charge on any atom is 0.251 e. The number of rotatable bonds is 3. The SMILES string of the molecule is CC(C)CNC(=O)c1ccc(C#CCN)cc1. The van der Waals surface area contributed by atoms with Gasteiger partial charge in [-0.3, -0.25) is 4.79 Å². The van der Waals surface area contributed by atoms with Crippen LogP contribution in [0, 0.1) is 17.8 Å². The molecule has 1 amide bonds. The molecule has 0 fully saturated rings. The fourth-order valence-electron chi connectivity index (χ4n) is 1.26. The standard InChI is InChI=1S/C14H18N2O/c1-11(2)10-16-14(17)13-7-5-12(6-8-13)4-3-9-15/h5-8,11H,9-10,15H2,1-2H3,(H,16,17). The molecule has 17 heavy (non-hydrogen) atoms. The van der Waals surface area contributed by atoms with Gasteiger partial charge in [0.05, 0.1) is 6.54 Å². The minimum absolute atomic E-state index is 0.0444. The van der Waals surface area contributed by atoms with Crippen molar-refractivity contribution < 1.29 is 4.79 Å². The molecule has 0 saturated heterocycles. The number of hydrogen-bond acceptors (Lipinski definition) is 2. The highest BCUT2D eigenvalue weighted by molar-refractivity contribution is 5.94. The number of carbonyl (C=O) groups is 1. The van der Waals surface area contributed by atoms with Crippen molar-refractivity contribution in [3.8, 4) is 11.8 Å². The highest BCUT2D eigenvalue weighted by Crippen LogP contribution is 2.03. The van der Waals surface area contributed by atoms with Crippen molar-refractivity contribution >= 4 is 5.91 Å². The van der Waals surface area contributed by atoms with Crippen molar-refractivity contribution in [2.24, 2.45) is 11.7 Å². The average Bonchev–Trinajstić information content (AvgIpc) is 2.34. The van der Waals surface area contributed by atoms with Crippen molar-refractivity contribution in [3.05, 3.63) is 35.4 Å². The van der Waals surface area contributed by atoms with E-state index in [-0.39, 0.29) is 5.91 Å². The molecule has 0 atom stereocenters. The van der Waals surface area contributed by atoms with Crippen LogP contribution in [-0.2, 0) is 0 Å². The number of nitrogens with two attached hydrogens (primary N) is 1. The molecule has 0 aliphatic carbocycles. The van der Waals surface area contributed by atoms with Crippen LogP contribution in [0.5, 0.6) is 0 Å². The van der Waals surface area contributed by atoms with E-state index >= 15 is 0 Å². The largest absolute Gasteiger partial charge is 0.352 e. The molecule has 1 rings (SSSR count). The summed E-state index contributed by atoms with van der Waals surface area (Å²) in [6.07, 6.45) is 0. The second-order valence-electron chi connectivity index (χ2n) is 4.19. The van der Waals surface area contributed by atoms with Crippen LogP contribution in [0.2, 0.25) is 0 Å². The molecule has 1 aromatic carbocycles. The minimum atomic E-state index is -0.0444. The third kappa shape index (κ3) is 4.71. The summed E-state index contributed by atoms with van der Waals surface area (Å²) in [6, 6.07) is 7.20. The molecular formula is C14H18N2O. The van der Waals surface area contributed by atoms with E-state index in [1.165, 1.54) is 0 Å². The van der Waals surface area contributed by atoms with Gasteiger partial charge in [0.25, 0.3) is 5.91 Å². The maximum absolute atomic E-state index is 11.7. The zero-order chi connectivity index (χ0) is 12.7. The van der Waals surface area contributed by atoms with Crippen molar-refractivity contribution in [3.63, 3.8) is 0 Å². The number of nitrogens with one attached hydrogen (secondary N) is 1. The van der Waals surface area contributed by atoms with E-state index in [9.17, 15) is 4.79 Å². The normalized spacial score (nSPS) is 9.65. The van der Waals surface area contributed by atoms with Crippen molar-refractivity contribution in [2.75, 3.05) is 13.1 Å². The van der Waals surface area contributed by atoms with Gasteiger partial charge in [-0.05, 0) is 30.2 Å². The highest BCUT2D eigenvalue weighted by Gasteiger charge is 2.04. The van der Waals surface area contributed by atoms with Gasteiger partial charge in [0.1, 0.15) is 0 Å². The number of amides is 1. The number of carbonyl (C=O) groups excluding carboxylic acids is 1. The Bertz CT molecular complexity index is 424. The molecule has 3 heteroatoms. The zero-order valence-corrected chi connectivity index (χ0v) is 10.3. The van der Waals surface area contributed by atoms with Crippen LogP contribution in [0.1, 0.15) is 29.8 Å². The fourth-order valence-corrected chi connectivity index (χ4v) is 1.26. The molecule has 3 nitrogen and oxygen atoms in total. The molecule has 0 aliphatic rings. The Balaban J connectivity index is 2.64. The van der Waals surface area contributed by atoms with Gasteiger partial charge in [0.2, 0.25) is 0 Å². The second kappa shape index (κ2) is 6.72. The molecular weight excluding hydrogens is 212 g/mol. The maximum atomic E-state index is 11.7. The first kappa shape index (κ1) is 13.3. The van der Waals surface area contributed by atoms with Gasteiger partial charge in [-0.2, -0.15) is 0 Å².